The highest BCUT2D eigenvalue weighted by atomic mass is 16.5. The molecule has 0 saturated carbocycles. The maximum absolute atomic E-state index is 13.3. The Morgan fingerprint density at radius 2 is 1.76 bits per heavy atom. The Hall–Kier alpha value is -3.92. The Labute approximate surface area is 192 Å². The number of hydrogen-bond acceptors (Lipinski definition) is 2. The lowest BCUT2D eigenvalue weighted by atomic mass is 10.0. The van der Waals surface area contributed by atoms with Gasteiger partial charge in [-0.25, -0.2) is 9.13 Å². The van der Waals surface area contributed by atoms with Crippen LogP contribution in [0.2, 0.25) is 0 Å². The highest BCUT2D eigenvalue weighted by Gasteiger charge is 2.24. The van der Waals surface area contributed by atoms with Crippen molar-refractivity contribution in [3.05, 3.63) is 107 Å². The number of carbonyl (C=O) groups is 1. The highest BCUT2D eigenvalue weighted by molar-refractivity contribution is 6.00. The number of aromatic nitrogens is 2. The Bertz CT molecular complexity index is 1530. The van der Waals surface area contributed by atoms with Gasteiger partial charge in [-0.05, 0) is 52.2 Å². The standard InChI is InChI=1S/C29H25N2O2/c1-20-30(18-21-10-13-29-25(16-21)14-15-33-29)26-8-4-5-9-27(26)31(20)19-28(32)24-12-11-22-6-2-3-7-23(22)17-24/h2-13,16-17H,14-15,18-19H2,1H3/q+1. The molecule has 0 atom stereocenters. The van der Waals surface area contributed by atoms with Crippen LogP contribution in [0.5, 0.6) is 5.75 Å². The van der Waals surface area contributed by atoms with Gasteiger partial charge in [0.2, 0.25) is 5.78 Å². The summed E-state index contributed by atoms with van der Waals surface area (Å²) in [5.41, 5.74) is 5.49. The van der Waals surface area contributed by atoms with Crippen molar-refractivity contribution in [2.45, 2.75) is 26.4 Å². The van der Waals surface area contributed by atoms with E-state index in [-0.39, 0.29) is 5.78 Å². The Balaban J connectivity index is 1.36. The maximum atomic E-state index is 13.3. The molecule has 0 unspecified atom stereocenters. The van der Waals surface area contributed by atoms with Crippen LogP contribution < -0.4 is 9.30 Å². The van der Waals surface area contributed by atoms with Crippen LogP contribution in [-0.2, 0) is 19.5 Å². The maximum Gasteiger partial charge on any atom is 0.254 e. The zero-order valence-corrected chi connectivity index (χ0v) is 18.6. The largest absolute Gasteiger partial charge is 0.493 e. The minimum Gasteiger partial charge on any atom is -0.493 e. The molecule has 0 spiro atoms. The number of benzene rings is 4. The van der Waals surface area contributed by atoms with E-state index < -0.39 is 0 Å². The van der Waals surface area contributed by atoms with E-state index >= 15 is 0 Å². The van der Waals surface area contributed by atoms with Gasteiger partial charge in [-0.1, -0.05) is 54.6 Å². The van der Waals surface area contributed by atoms with Crippen molar-refractivity contribution < 1.29 is 14.1 Å². The predicted octanol–water partition coefficient (Wildman–Crippen LogP) is 5.26. The molecule has 2 heterocycles. The molecular weight excluding hydrogens is 408 g/mol. The first-order valence-electron chi connectivity index (χ1n) is 11.4. The van der Waals surface area contributed by atoms with Gasteiger partial charge in [0.25, 0.3) is 5.82 Å². The minimum atomic E-state index is 0.117. The summed E-state index contributed by atoms with van der Waals surface area (Å²) in [4.78, 5) is 13.3. The van der Waals surface area contributed by atoms with E-state index in [1.165, 1.54) is 11.1 Å². The van der Waals surface area contributed by atoms with Crippen LogP contribution in [0.4, 0.5) is 0 Å². The van der Waals surface area contributed by atoms with Crippen LogP contribution in [0, 0.1) is 6.92 Å². The van der Waals surface area contributed by atoms with Crippen molar-refractivity contribution >= 4 is 27.6 Å². The van der Waals surface area contributed by atoms with Gasteiger partial charge in [0.1, 0.15) is 12.3 Å². The van der Waals surface area contributed by atoms with Crippen LogP contribution in [-0.4, -0.2) is 17.0 Å². The summed E-state index contributed by atoms with van der Waals surface area (Å²) in [5.74, 6) is 2.19. The molecule has 4 nitrogen and oxygen atoms in total. The number of carbonyl (C=O) groups excluding carboxylic acids is 1. The molecule has 0 bridgehead atoms. The fourth-order valence-electron chi connectivity index (χ4n) is 4.93. The van der Waals surface area contributed by atoms with Gasteiger partial charge >= 0.3 is 0 Å². The van der Waals surface area contributed by atoms with Crippen molar-refractivity contribution in [3.63, 3.8) is 0 Å². The number of para-hydroxylation sites is 2. The lowest BCUT2D eigenvalue weighted by Gasteiger charge is -2.05. The third kappa shape index (κ3) is 3.48. The number of nitrogens with zero attached hydrogens (tertiary/aromatic N) is 2. The van der Waals surface area contributed by atoms with Crippen LogP contribution in [0.3, 0.4) is 0 Å². The van der Waals surface area contributed by atoms with Crippen molar-refractivity contribution in [1.82, 2.24) is 4.57 Å². The lowest BCUT2D eigenvalue weighted by molar-refractivity contribution is -0.669. The van der Waals surface area contributed by atoms with Crippen LogP contribution in [0.25, 0.3) is 21.8 Å². The first kappa shape index (κ1) is 19.7. The van der Waals surface area contributed by atoms with E-state index in [2.05, 4.69) is 64.6 Å². The smallest absolute Gasteiger partial charge is 0.254 e. The molecule has 0 fully saturated rings. The molecule has 6 rings (SSSR count). The second-order valence-corrected chi connectivity index (χ2v) is 8.73. The molecule has 1 aromatic heterocycles. The van der Waals surface area contributed by atoms with E-state index in [0.717, 1.165) is 58.5 Å². The second-order valence-electron chi connectivity index (χ2n) is 8.73. The van der Waals surface area contributed by atoms with Gasteiger partial charge in [0, 0.05) is 18.9 Å². The zero-order valence-electron chi connectivity index (χ0n) is 18.6. The molecule has 162 valence electrons. The summed E-state index contributed by atoms with van der Waals surface area (Å²) >= 11 is 0. The second kappa shape index (κ2) is 7.89. The molecule has 0 saturated heterocycles. The van der Waals surface area contributed by atoms with Crippen LogP contribution >= 0.6 is 0 Å². The Morgan fingerprint density at radius 3 is 2.67 bits per heavy atom. The third-order valence-corrected chi connectivity index (χ3v) is 6.71. The van der Waals surface area contributed by atoms with Crippen molar-refractivity contribution in [1.29, 1.82) is 0 Å². The molecule has 33 heavy (non-hydrogen) atoms. The van der Waals surface area contributed by atoms with Crippen LogP contribution in [0.1, 0.15) is 27.3 Å². The summed E-state index contributed by atoms with van der Waals surface area (Å²) in [6.45, 7) is 3.94. The lowest BCUT2D eigenvalue weighted by Crippen LogP contribution is -2.37. The van der Waals surface area contributed by atoms with E-state index in [4.69, 9.17) is 4.74 Å². The molecule has 0 amide bonds. The average molecular weight is 434 g/mol. The monoisotopic (exact) mass is 433 g/mol. The Morgan fingerprint density at radius 1 is 0.939 bits per heavy atom. The third-order valence-electron chi connectivity index (χ3n) is 6.71. The number of hydrogen-bond donors (Lipinski definition) is 0. The first-order valence-corrected chi connectivity index (χ1v) is 11.4. The molecule has 4 heteroatoms. The van der Waals surface area contributed by atoms with Crippen LogP contribution in [0.15, 0.2) is 84.9 Å². The molecule has 1 aliphatic rings. The van der Waals surface area contributed by atoms with Crippen molar-refractivity contribution in [2.24, 2.45) is 0 Å². The summed E-state index contributed by atoms with van der Waals surface area (Å²) in [6.07, 6.45) is 0.967. The van der Waals surface area contributed by atoms with Gasteiger partial charge in [0.15, 0.2) is 17.6 Å². The number of ether oxygens (including phenoxy) is 1. The fourth-order valence-corrected chi connectivity index (χ4v) is 4.93. The van der Waals surface area contributed by atoms with E-state index in [9.17, 15) is 4.79 Å². The fraction of sp³-hybridized carbons (Fsp3) is 0.172. The van der Waals surface area contributed by atoms with E-state index in [0.29, 0.717) is 6.54 Å². The first-order chi connectivity index (χ1) is 16.2. The number of rotatable bonds is 5. The predicted molar refractivity (Wildman–Crippen MR) is 130 cm³/mol. The zero-order chi connectivity index (χ0) is 22.4. The van der Waals surface area contributed by atoms with Crippen molar-refractivity contribution in [2.75, 3.05) is 6.61 Å². The summed E-state index contributed by atoms with van der Waals surface area (Å²) in [7, 11) is 0. The number of imidazole rings is 1. The van der Waals surface area contributed by atoms with Gasteiger partial charge in [0.05, 0.1) is 6.61 Å². The molecule has 4 aromatic carbocycles. The van der Waals surface area contributed by atoms with Gasteiger partial charge in [-0.3, -0.25) is 4.79 Å². The van der Waals surface area contributed by atoms with E-state index in [1.807, 2.05) is 36.4 Å². The number of fused-ring (bicyclic) bond motifs is 3. The van der Waals surface area contributed by atoms with Gasteiger partial charge in [-0.15, -0.1) is 0 Å². The summed E-state index contributed by atoms with van der Waals surface area (Å²) in [6, 6.07) is 28.9. The quantitative estimate of drug-likeness (QED) is 0.280. The topological polar surface area (TPSA) is 35.1 Å². The normalized spacial score (nSPS) is 12.8. The number of ketones is 1. The Kier molecular flexibility index (Phi) is 4.72. The molecule has 0 N–H and O–H groups in total. The highest BCUT2D eigenvalue weighted by Crippen LogP contribution is 2.26. The number of Topliss-reactive ketones (excluding diaryl/α,β-unsaturated/α-hetero) is 1. The van der Waals surface area contributed by atoms with E-state index in [1.54, 1.807) is 0 Å². The summed E-state index contributed by atoms with van der Waals surface area (Å²) < 4.78 is 10.1. The average Bonchev–Trinajstić information content (AvgIpc) is 3.42. The van der Waals surface area contributed by atoms with Gasteiger partial charge < -0.3 is 4.74 Å². The molecule has 0 aliphatic carbocycles. The SMILES string of the molecule is Cc1n(CC(=O)c2ccc3ccccc3c2)c2ccccc2[n+]1Cc1ccc2c(c1)CCO2. The molecular formula is C29H25N2O2+. The summed E-state index contributed by atoms with van der Waals surface area (Å²) in [5, 5.41) is 2.24. The molecule has 5 aromatic rings. The minimum absolute atomic E-state index is 0.117. The van der Waals surface area contributed by atoms with Gasteiger partial charge in [-0.2, -0.15) is 0 Å². The molecule has 0 radical (unpaired) electrons. The van der Waals surface area contributed by atoms with Crippen molar-refractivity contribution in [3.8, 4) is 5.75 Å². The molecule has 1 aliphatic heterocycles.